The molecule has 0 bridgehead atoms. The molecule has 3 aliphatic rings. The Morgan fingerprint density at radius 3 is 2.39 bits per heavy atom. The number of allylic oxidation sites excluding steroid dienone is 8. The number of benzene rings is 3. The van der Waals surface area contributed by atoms with Crippen LogP contribution in [0.4, 0.5) is 11.4 Å². The Labute approximate surface area is 330 Å². The first kappa shape index (κ1) is 41.2. The first-order chi connectivity index (χ1) is 23.3. The molecular weight excluding hydrogens is 810 g/mol. The number of anilines is 1. The van der Waals surface area contributed by atoms with Gasteiger partial charge in [-0.05, 0) is 98.2 Å². The van der Waals surface area contributed by atoms with Crippen molar-refractivity contribution in [2.45, 2.75) is 77.0 Å². The second-order valence-electron chi connectivity index (χ2n) is 14.5. The molecule has 2 aliphatic heterocycles. The fourth-order valence-electron chi connectivity index (χ4n) is 8.03. The highest BCUT2D eigenvalue weighted by molar-refractivity contribution is 8.93. The van der Waals surface area contributed by atoms with E-state index in [1.54, 1.807) is 0 Å². The summed E-state index contributed by atoms with van der Waals surface area (Å²) in [6.45, 7) is 11.3. The number of hydrogen-bond acceptors (Lipinski definition) is 4. The minimum Gasteiger partial charge on any atom is -1.00 e. The summed E-state index contributed by atoms with van der Waals surface area (Å²) in [6.07, 6.45) is 13.7. The van der Waals surface area contributed by atoms with Gasteiger partial charge in [-0.15, -0.1) is 17.0 Å². The molecule has 0 atom stereocenters. The van der Waals surface area contributed by atoms with Gasteiger partial charge in [0.05, 0.1) is 11.2 Å². The SMILES string of the molecule is Br.CC1(C)C(/C=C/C2=C(Cl)C(=C/C=C3/N(CCCCS(=O)(=O)O)c4ccccc4C3(C)C)/CCC2)=[N+](CCCN)c2ccc3ccccc3c21.[Br-]. The van der Waals surface area contributed by atoms with Gasteiger partial charge in [-0.25, -0.2) is 0 Å². The lowest BCUT2D eigenvalue weighted by Crippen LogP contribution is -3.00. The van der Waals surface area contributed by atoms with Crippen LogP contribution in [0, 0.1) is 0 Å². The van der Waals surface area contributed by atoms with Gasteiger partial charge in [-0.2, -0.15) is 13.0 Å². The van der Waals surface area contributed by atoms with Gasteiger partial charge in [0, 0.05) is 52.5 Å². The van der Waals surface area contributed by atoms with Crippen molar-refractivity contribution < 1.29 is 34.5 Å². The summed E-state index contributed by atoms with van der Waals surface area (Å²) in [4.78, 5) is 2.30. The van der Waals surface area contributed by atoms with Crippen molar-refractivity contribution in [3.8, 4) is 0 Å². The molecule has 10 heteroatoms. The zero-order chi connectivity index (χ0) is 35.0. The van der Waals surface area contributed by atoms with Crippen LogP contribution >= 0.6 is 28.6 Å². The van der Waals surface area contributed by atoms with Gasteiger partial charge >= 0.3 is 0 Å². The average Bonchev–Trinajstić information content (AvgIpc) is 3.42. The van der Waals surface area contributed by atoms with Crippen molar-refractivity contribution in [3.63, 3.8) is 0 Å². The molecule has 3 aromatic rings. The van der Waals surface area contributed by atoms with Crippen LogP contribution in [0.25, 0.3) is 10.8 Å². The van der Waals surface area contributed by atoms with Crippen LogP contribution in [-0.4, -0.2) is 48.6 Å². The lowest BCUT2D eigenvalue weighted by Gasteiger charge is -2.27. The van der Waals surface area contributed by atoms with Crippen LogP contribution < -0.4 is 27.6 Å². The minimum absolute atomic E-state index is 0. The van der Waals surface area contributed by atoms with Crippen LogP contribution in [0.1, 0.15) is 77.3 Å². The second kappa shape index (κ2) is 16.6. The van der Waals surface area contributed by atoms with Crippen LogP contribution in [-0.2, 0) is 20.9 Å². The predicted octanol–water partition coefficient (Wildman–Crippen LogP) is 6.66. The number of unbranched alkanes of at least 4 members (excludes halogenated alkanes) is 1. The van der Waals surface area contributed by atoms with E-state index in [2.05, 4.69) is 116 Å². The maximum absolute atomic E-state index is 11.3. The number of hydrogen-bond donors (Lipinski definition) is 2. The number of nitrogens with two attached hydrogens (primary N) is 1. The first-order valence-electron chi connectivity index (χ1n) is 17.5. The molecule has 0 spiro atoms. The van der Waals surface area contributed by atoms with Gasteiger partial charge in [0.25, 0.3) is 10.1 Å². The lowest BCUT2D eigenvalue weighted by atomic mass is 9.79. The lowest BCUT2D eigenvalue weighted by molar-refractivity contribution is -0.437. The molecule has 3 N–H and O–H groups in total. The highest BCUT2D eigenvalue weighted by Gasteiger charge is 2.45. The molecule has 6 rings (SSSR count). The third-order valence-corrected chi connectivity index (χ3v) is 11.8. The molecule has 274 valence electrons. The number of fused-ring (bicyclic) bond motifs is 4. The van der Waals surface area contributed by atoms with Crippen molar-refractivity contribution in [2.75, 3.05) is 30.3 Å². The summed E-state index contributed by atoms with van der Waals surface area (Å²) in [7, 11) is -3.98. The van der Waals surface area contributed by atoms with E-state index in [0.29, 0.717) is 25.9 Å². The van der Waals surface area contributed by atoms with Crippen LogP contribution in [0.15, 0.2) is 107 Å². The summed E-state index contributed by atoms with van der Waals surface area (Å²) in [5.41, 5.74) is 15.3. The van der Waals surface area contributed by atoms with E-state index in [-0.39, 0.29) is 50.5 Å². The summed E-state index contributed by atoms with van der Waals surface area (Å²) in [5, 5.41) is 3.37. The van der Waals surface area contributed by atoms with Crippen molar-refractivity contribution in [2.24, 2.45) is 5.73 Å². The fourth-order valence-corrected chi connectivity index (χ4v) is 8.91. The quantitative estimate of drug-likeness (QED) is 0.128. The number of nitrogens with zero attached hydrogens (tertiary/aromatic N) is 2. The van der Waals surface area contributed by atoms with E-state index in [0.717, 1.165) is 59.8 Å². The molecule has 0 amide bonds. The van der Waals surface area contributed by atoms with Gasteiger partial charge in [0.1, 0.15) is 0 Å². The number of halogens is 3. The Balaban J connectivity index is 0.00000292. The van der Waals surface area contributed by atoms with Gasteiger partial charge < -0.3 is 27.6 Å². The second-order valence-corrected chi connectivity index (χ2v) is 16.5. The molecule has 51 heavy (non-hydrogen) atoms. The molecule has 0 saturated carbocycles. The van der Waals surface area contributed by atoms with Crippen LogP contribution in [0.5, 0.6) is 0 Å². The van der Waals surface area contributed by atoms with E-state index in [1.165, 1.54) is 33.3 Å². The van der Waals surface area contributed by atoms with E-state index >= 15 is 0 Å². The third kappa shape index (κ3) is 8.34. The fraction of sp³-hybridized carbons (Fsp3) is 0.390. The van der Waals surface area contributed by atoms with Crippen molar-refractivity contribution >= 4 is 66.6 Å². The summed E-state index contributed by atoms with van der Waals surface area (Å²) in [5.74, 6) is -0.227. The molecule has 0 aromatic heterocycles. The largest absolute Gasteiger partial charge is 1.00 e. The zero-order valence-corrected chi connectivity index (χ0v) is 34.8. The first-order valence-corrected chi connectivity index (χ1v) is 19.5. The van der Waals surface area contributed by atoms with Crippen LogP contribution in [0.3, 0.4) is 0 Å². The molecule has 0 fully saturated rings. The third-order valence-electron chi connectivity index (χ3n) is 10.5. The molecule has 0 saturated heterocycles. The Morgan fingerprint density at radius 2 is 1.65 bits per heavy atom. The Kier molecular flexibility index (Phi) is 13.5. The molecule has 1 aliphatic carbocycles. The maximum Gasteiger partial charge on any atom is 0.264 e. The predicted molar refractivity (Wildman–Crippen MR) is 215 cm³/mol. The molecule has 0 radical (unpaired) electrons. The Bertz CT molecular complexity index is 2050. The number of rotatable bonds is 11. The van der Waals surface area contributed by atoms with E-state index in [1.807, 2.05) is 6.07 Å². The average molecular weight is 860 g/mol. The van der Waals surface area contributed by atoms with E-state index in [9.17, 15) is 13.0 Å². The van der Waals surface area contributed by atoms with E-state index in [4.69, 9.17) is 17.3 Å². The maximum atomic E-state index is 11.3. The summed E-state index contributed by atoms with van der Waals surface area (Å²) < 4.78 is 34.4. The Morgan fingerprint density at radius 1 is 0.922 bits per heavy atom. The smallest absolute Gasteiger partial charge is 0.264 e. The molecule has 2 heterocycles. The highest BCUT2D eigenvalue weighted by Crippen LogP contribution is 2.48. The van der Waals surface area contributed by atoms with Crippen molar-refractivity contribution in [1.29, 1.82) is 0 Å². The highest BCUT2D eigenvalue weighted by atomic mass is 79.9. The van der Waals surface area contributed by atoms with Gasteiger partial charge in [0.2, 0.25) is 5.69 Å². The van der Waals surface area contributed by atoms with Crippen molar-refractivity contribution in [1.82, 2.24) is 0 Å². The molecule has 6 nitrogen and oxygen atoms in total. The molecule has 0 unspecified atom stereocenters. The van der Waals surface area contributed by atoms with Crippen LogP contribution in [0.2, 0.25) is 0 Å². The number of para-hydroxylation sites is 1. The summed E-state index contributed by atoms with van der Waals surface area (Å²) >= 11 is 7.22. The monoisotopic (exact) mass is 857 g/mol. The molecule has 3 aromatic carbocycles. The molecular formula is C41H50Br2ClN3O3S. The van der Waals surface area contributed by atoms with Gasteiger partial charge in [0.15, 0.2) is 12.3 Å². The topological polar surface area (TPSA) is 86.6 Å². The van der Waals surface area contributed by atoms with Crippen molar-refractivity contribution in [3.05, 3.63) is 118 Å². The van der Waals surface area contributed by atoms with Gasteiger partial charge in [-0.1, -0.05) is 80.1 Å². The normalized spacial score (nSPS) is 19.5. The van der Waals surface area contributed by atoms with E-state index < -0.39 is 10.1 Å². The minimum atomic E-state index is -3.98. The standard InChI is InChI=1S/C41H48ClN3O3S.2BrH/c1-40(2)33-17-7-8-18-34(33)44(26-9-10-28-49(46,47)48)36(40)23-20-30-14-11-15-31(39(30)42)21-24-37-41(3,4)38-32-16-6-5-13-29(32)19-22-35(38)45(37)27-12-25-43;;/h5-8,13,16-24H,9-12,14-15,25-28,43H2,1-4H3;2*1H. The summed E-state index contributed by atoms with van der Waals surface area (Å²) in [6, 6.07) is 21.6. The zero-order valence-electron chi connectivity index (χ0n) is 30.0. The Hall–Kier alpha value is -2.53. The van der Waals surface area contributed by atoms with Gasteiger partial charge in [-0.3, -0.25) is 4.55 Å².